The number of ether oxygens (including phenoxy) is 1. The predicted molar refractivity (Wildman–Crippen MR) is 97.7 cm³/mol. The zero-order valence-electron chi connectivity index (χ0n) is 15.0. The summed E-state index contributed by atoms with van der Waals surface area (Å²) < 4.78 is 16.4. The molecule has 1 amide bonds. The first kappa shape index (κ1) is 18.9. The van der Waals surface area contributed by atoms with Crippen LogP contribution >= 0.6 is 11.3 Å². The Morgan fingerprint density at radius 2 is 2.33 bits per heavy atom. The highest BCUT2D eigenvalue weighted by Gasteiger charge is 2.17. The highest BCUT2D eigenvalue weighted by Crippen LogP contribution is 2.21. The summed E-state index contributed by atoms with van der Waals surface area (Å²) in [6.45, 7) is 2.17. The van der Waals surface area contributed by atoms with E-state index in [0.29, 0.717) is 24.5 Å². The zero-order valence-corrected chi connectivity index (χ0v) is 15.8. The Morgan fingerprint density at radius 1 is 1.48 bits per heavy atom. The topological polar surface area (TPSA) is 112 Å². The van der Waals surface area contributed by atoms with Gasteiger partial charge in [0.15, 0.2) is 0 Å². The van der Waals surface area contributed by atoms with Crippen LogP contribution in [0.4, 0.5) is 0 Å². The first-order chi connectivity index (χ1) is 13.1. The van der Waals surface area contributed by atoms with Gasteiger partial charge in [-0.05, 0) is 23.0 Å². The standard InChI is InChI=1S/C17H20N4O5S/c1-3-11(18-14(22)7-6-12-9-15(24-2)20-26-12)10-21-17(23)25-16(19-21)13-5-4-8-27-13/h4-5,8-9,11H,3,6-7,10H2,1-2H3,(H,18,22)/t11-/m0/s1. The summed E-state index contributed by atoms with van der Waals surface area (Å²) in [7, 11) is 1.50. The Labute approximate surface area is 158 Å². The van der Waals surface area contributed by atoms with E-state index >= 15 is 0 Å². The maximum atomic E-state index is 12.2. The van der Waals surface area contributed by atoms with Crippen LogP contribution in [0.15, 0.2) is 37.3 Å². The molecule has 0 bridgehead atoms. The van der Waals surface area contributed by atoms with Gasteiger partial charge in [0, 0.05) is 24.9 Å². The number of amides is 1. The van der Waals surface area contributed by atoms with Crippen LogP contribution in [-0.2, 0) is 17.8 Å². The third-order valence-electron chi connectivity index (χ3n) is 3.93. The largest absolute Gasteiger partial charge is 0.479 e. The molecule has 9 nitrogen and oxygen atoms in total. The molecule has 3 aromatic rings. The number of nitrogens with one attached hydrogen (secondary N) is 1. The molecule has 0 fully saturated rings. The van der Waals surface area contributed by atoms with Gasteiger partial charge in [-0.3, -0.25) is 4.79 Å². The Bertz CT molecular complexity index is 927. The number of methoxy groups -OCH3 is 1. The molecule has 0 aliphatic rings. The number of carbonyl (C=O) groups is 1. The molecular weight excluding hydrogens is 372 g/mol. The molecule has 10 heteroatoms. The van der Waals surface area contributed by atoms with E-state index in [-0.39, 0.29) is 30.8 Å². The molecule has 0 aliphatic carbocycles. The highest BCUT2D eigenvalue weighted by molar-refractivity contribution is 7.13. The molecule has 0 unspecified atom stereocenters. The van der Waals surface area contributed by atoms with E-state index in [2.05, 4.69) is 15.6 Å². The Hall–Kier alpha value is -2.88. The number of rotatable bonds is 9. The fourth-order valence-corrected chi connectivity index (χ4v) is 3.10. The van der Waals surface area contributed by atoms with Crippen molar-refractivity contribution in [1.82, 2.24) is 20.3 Å². The van der Waals surface area contributed by atoms with E-state index in [1.807, 2.05) is 24.4 Å². The lowest BCUT2D eigenvalue weighted by Gasteiger charge is -2.15. The van der Waals surface area contributed by atoms with Crippen LogP contribution in [0.25, 0.3) is 10.8 Å². The quantitative estimate of drug-likeness (QED) is 0.593. The van der Waals surface area contributed by atoms with E-state index in [1.54, 1.807) is 6.07 Å². The molecule has 0 saturated heterocycles. The van der Waals surface area contributed by atoms with Crippen LogP contribution in [0.1, 0.15) is 25.5 Å². The van der Waals surface area contributed by atoms with Crippen molar-refractivity contribution in [2.24, 2.45) is 0 Å². The van der Waals surface area contributed by atoms with Gasteiger partial charge < -0.3 is 19.0 Å². The van der Waals surface area contributed by atoms with Gasteiger partial charge in [-0.1, -0.05) is 13.0 Å². The molecule has 27 heavy (non-hydrogen) atoms. The Balaban J connectivity index is 1.55. The van der Waals surface area contributed by atoms with E-state index in [9.17, 15) is 9.59 Å². The Morgan fingerprint density at radius 3 is 3.00 bits per heavy atom. The normalized spacial score (nSPS) is 12.1. The summed E-state index contributed by atoms with van der Waals surface area (Å²) in [5.41, 5.74) is 0. The van der Waals surface area contributed by atoms with Crippen molar-refractivity contribution in [2.75, 3.05) is 7.11 Å². The second-order valence-electron chi connectivity index (χ2n) is 5.84. The monoisotopic (exact) mass is 392 g/mol. The number of carbonyl (C=O) groups excluding carboxylic acids is 1. The van der Waals surface area contributed by atoms with Crippen molar-refractivity contribution >= 4 is 17.2 Å². The molecular formula is C17H20N4O5S. The lowest BCUT2D eigenvalue weighted by molar-refractivity contribution is -0.122. The summed E-state index contributed by atoms with van der Waals surface area (Å²) in [5, 5.41) is 12.7. The Kier molecular flexibility index (Phi) is 6.07. The van der Waals surface area contributed by atoms with E-state index < -0.39 is 5.76 Å². The second kappa shape index (κ2) is 8.67. The molecule has 1 N–H and O–H groups in total. The molecule has 0 radical (unpaired) electrons. The fourth-order valence-electron chi connectivity index (χ4n) is 2.45. The summed E-state index contributed by atoms with van der Waals surface area (Å²) in [4.78, 5) is 25.0. The third kappa shape index (κ3) is 4.85. The minimum Gasteiger partial charge on any atom is -0.479 e. The molecule has 3 rings (SSSR count). The first-order valence-electron chi connectivity index (χ1n) is 8.49. The summed E-state index contributed by atoms with van der Waals surface area (Å²) in [6, 6.07) is 5.10. The zero-order chi connectivity index (χ0) is 19.2. The van der Waals surface area contributed by atoms with Gasteiger partial charge in [0.25, 0.3) is 11.8 Å². The van der Waals surface area contributed by atoms with Crippen molar-refractivity contribution < 1.29 is 18.5 Å². The second-order valence-corrected chi connectivity index (χ2v) is 6.79. The van der Waals surface area contributed by atoms with Crippen LogP contribution in [0.5, 0.6) is 5.88 Å². The van der Waals surface area contributed by atoms with Crippen molar-refractivity contribution in [1.29, 1.82) is 0 Å². The van der Waals surface area contributed by atoms with Crippen LogP contribution < -0.4 is 15.8 Å². The molecule has 0 aliphatic heterocycles. The molecule has 0 aromatic carbocycles. The van der Waals surface area contributed by atoms with Crippen LogP contribution in [-0.4, -0.2) is 34.0 Å². The molecule has 0 spiro atoms. The third-order valence-corrected chi connectivity index (χ3v) is 4.79. The van der Waals surface area contributed by atoms with Crippen molar-refractivity contribution in [3.63, 3.8) is 0 Å². The number of aryl methyl sites for hydroxylation is 1. The predicted octanol–water partition coefficient (Wildman–Crippen LogP) is 2.09. The number of hydrogen-bond donors (Lipinski definition) is 1. The number of thiophene rings is 1. The van der Waals surface area contributed by atoms with Gasteiger partial charge in [-0.2, -0.15) is 4.68 Å². The van der Waals surface area contributed by atoms with Crippen molar-refractivity contribution in [3.05, 3.63) is 39.9 Å². The van der Waals surface area contributed by atoms with Crippen molar-refractivity contribution in [2.45, 2.75) is 38.8 Å². The average Bonchev–Trinajstić information content (AvgIpc) is 3.41. The molecule has 0 saturated carbocycles. The van der Waals surface area contributed by atoms with Crippen molar-refractivity contribution in [3.8, 4) is 16.6 Å². The van der Waals surface area contributed by atoms with Gasteiger partial charge >= 0.3 is 5.76 Å². The molecule has 1 atom stereocenters. The summed E-state index contributed by atoms with van der Waals surface area (Å²) in [5.74, 6) is 0.551. The fraction of sp³-hybridized carbons (Fsp3) is 0.412. The van der Waals surface area contributed by atoms with Gasteiger partial charge in [0.1, 0.15) is 5.76 Å². The minimum absolute atomic E-state index is 0.146. The lowest BCUT2D eigenvalue weighted by Crippen LogP contribution is -2.39. The van der Waals surface area contributed by atoms with Gasteiger partial charge in [-0.15, -0.1) is 16.4 Å². The van der Waals surface area contributed by atoms with E-state index in [0.717, 1.165) is 4.88 Å². The van der Waals surface area contributed by atoms with Gasteiger partial charge in [-0.25, -0.2) is 4.79 Å². The number of hydrogen-bond acceptors (Lipinski definition) is 8. The highest BCUT2D eigenvalue weighted by atomic mass is 32.1. The van der Waals surface area contributed by atoms with Gasteiger partial charge in [0.05, 0.1) is 18.5 Å². The molecule has 3 heterocycles. The molecule has 3 aromatic heterocycles. The van der Waals surface area contributed by atoms with Crippen LogP contribution in [0.3, 0.4) is 0 Å². The average molecular weight is 392 g/mol. The maximum Gasteiger partial charge on any atom is 0.437 e. The first-order valence-corrected chi connectivity index (χ1v) is 9.37. The van der Waals surface area contributed by atoms with Crippen LogP contribution in [0.2, 0.25) is 0 Å². The smallest absolute Gasteiger partial charge is 0.437 e. The summed E-state index contributed by atoms with van der Waals surface area (Å²) in [6.07, 6.45) is 1.30. The van der Waals surface area contributed by atoms with E-state index in [1.165, 1.54) is 23.1 Å². The number of nitrogens with zero attached hydrogens (tertiary/aromatic N) is 3. The SMILES string of the molecule is CC[C@@H](Cn1nc(-c2cccs2)oc1=O)NC(=O)CCc1cc(OC)no1. The maximum absolute atomic E-state index is 12.2. The van der Waals surface area contributed by atoms with Gasteiger partial charge in [0.2, 0.25) is 5.91 Å². The van der Waals surface area contributed by atoms with E-state index in [4.69, 9.17) is 13.7 Å². The number of aromatic nitrogens is 3. The minimum atomic E-state index is -0.542. The van der Waals surface area contributed by atoms with Crippen LogP contribution in [0, 0.1) is 0 Å². The summed E-state index contributed by atoms with van der Waals surface area (Å²) >= 11 is 1.44. The molecule has 144 valence electrons. The lowest BCUT2D eigenvalue weighted by atomic mass is 10.2.